The largest absolute Gasteiger partial charge is 0.292 e. The van der Waals surface area contributed by atoms with Crippen molar-refractivity contribution in [3.8, 4) is 0 Å². The zero-order chi connectivity index (χ0) is 11.2. The van der Waals surface area contributed by atoms with Crippen LogP contribution in [0.4, 0.5) is 0 Å². The van der Waals surface area contributed by atoms with Crippen molar-refractivity contribution in [2.45, 2.75) is 13.3 Å². The van der Waals surface area contributed by atoms with E-state index in [4.69, 9.17) is 0 Å². The molecule has 16 heavy (non-hydrogen) atoms. The van der Waals surface area contributed by atoms with E-state index in [0.29, 0.717) is 0 Å². The molecule has 1 heterocycles. The Bertz CT molecular complexity index is 460. The quantitative estimate of drug-likeness (QED) is 0.741. The molecule has 0 aliphatic carbocycles. The van der Waals surface area contributed by atoms with E-state index >= 15 is 0 Å². The first-order valence-corrected chi connectivity index (χ1v) is 6.18. The number of nitrogens with zero attached hydrogens (tertiary/aromatic N) is 2. The van der Waals surface area contributed by atoms with Crippen molar-refractivity contribution in [2.75, 3.05) is 6.54 Å². The maximum absolute atomic E-state index is 4.40. The predicted molar refractivity (Wildman–Crippen MR) is 69.5 cm³/mol. The van der Waals surface area contributed by atoms with Gasteiger partial charge in [-0.05, 0) is 12.5 Å². The smallest absolute Gasteiger partial charge is 0.0897 e. The number of aliphatic imine (C=N–C) groups is 1. The zero-order valence-corrected chi connectivity index (χ0v) is 10.1. The van der Waals surface area contributed by atoms with Crippen LogP contribution in [0.1, 0.15) is 16.3 Å². The highest BCUT2D eigenvalue weighted by Gasteiger charge is 1.96. The molecule has 0 radical (unpaired) electrons. The average Bonchev–Trinajstić information content (AvgIpc) is 2.72. The Morgan fingerprint density at radius 2 is 2.12 bits per heavy atom. The van der Waals surface area contributed by atoms with E-state index in [1.165, 1.54) is 0 Å². The summed E-state index contributed by atoms with van der Waals surface area (Å²) in [6.07, 6.45) is 2.84. The molecule has 0 bridgehead atoms. The lowest BCUT2D eigenvalue weighted by Crippen LogP contribution is -1.91. The maximum atomic E-state index is 4.40. The number of aromatic nitrogens is 1. The second kappa shape index (κ2) is 5.56. The topological polar surface area (TPSA) is 25.2 Å². The van der Waals surface area contributed by atoms with Gasteiger partial charge in [0.25, 0.3) is 0 Å². The summed E-state index contributed by atoms with van der Waals surface area (Å²) in [5, 5.41) is 3.23. The third-order valence-corrected chi connectivity index (χ3v) is 3.03. The molecule has 0 atom stereocenters. The summed E-state index contributed by atoms with van der Waals surface area (Å²) < 4.78 is 0. The number of thiazole rings is 1. The first kappa shape index (κ1) is 11.0. The van der Waals surface area contributed by atoms with Crippen LogP contribution in [0.25, 0.3) is 0 Å². The fourth-order valence-electron chi connectivity index (χ4n) is 1.41. The molecular weight excluding hydrogens is 216 g/mol. The molecule has 2 aromatic rings. The van der Waals surface area contributed by atoms with Gasteiger partial charge in [0.05, 0.1) is 10.7 Å². The van der Waals surface area contributed by atoms with E-state index in [-0.39, 0.29) is 0 Å². The third-order valence-electron chi connectivity index (χ3n) is 2.20. The monoisotopic (exact) mass is 230 g/mol. The second-order valence-electron chi connectivity index (χ2n) is 3.55. The Labute approximate surface area is 99.7 Å². The van der Waals surface area contributed by atoms with Crippen LogP contribution in [-0.4, -0.2) is 17.7 Å². The Balaban J connectivity index is 1.82. The Kier molecular flexibility index (Phi) is 3.83. The molecule has 3 heteroatoms. The number of aryl methyl sites for hydroxylation is 1. The highest BCUT2D eigenvalue weighted by Crippen LogP contribution is 2.08. The fourth-order valence-corrected chi connectivity index (χ4v) is 2.06. The summed E-state index contributed by atoms with van der Waals surface area (Å²) in [5.41, 5.74) is 2.30. The summed E-state index contributed by atoms with van der Waals surface area (Å²) in [7, 11) is 0. The van der Waals surface area contributed by atoms with Crippen LogP contribution in [0.2, 0.25) is 0 Å². The van der Waals surface area contributed by atoms with Crippen molar-refractivity contribution in [1.29, 1.82) is 0 Å². The molecule has 0 aliphatic heterocycles. The lowest BCUT2D eigenvalue weighted by molar-refractivity contribution is 0.933. The van der Waals surface area contributed by atoms with Crippen LogP contribution in [0, 0.1) is 6.92 Å². The Hall–Kier alpha value is -1.48. The van der Waals surface area contributed by atoms with Crippen molar-refractivity contribution in [3.63, 3.8) is 0 Å². The van der Waals surface area contributed by atoms with Crippen LogP contribution in [0.3, 0.4) is 0 Å². The molecule has 1 aromatic carbocycles. The van der Waals surface area contributed by atoms with Gasteiger partial charge in [-0.25, -0.2) is 4.98 Å². The van der Waals surface area contributed by atoms with Gasteiger partial charge in [-0.2, -0.15) is 0 Å². The van der Waals surface area contributed by atoms with E-state index in [9.17, 15) is 0 Å². The van der Waals surface area contributed by atoms with Crippen LogP contribution >= 0.6 is 11.3 Å². The van der Waals surface area contributed by atoms with Gasteiger partial charge in [-0.15, -0.1) is 11.3 Å². The number of hydrogen-bond acceptors (Lipinski definition) is 3. The molecule has 2 nitrogen and oxygen atoms in total. The molecule has 0 amide bonds. The molecule has 2 rings (SSSR count). The van der Waals surface area contributed by atoms with E-state index in [0.717, 1.165) is 29.2 Å². The minimum Gasteiger partial charge on any atom is -0.292 e. The van der Waals surface area contributed by atoms with E-state index < -0.39 is 0 Å². The van der Waals surface area contributed by atoms with E-state index in [2.05, 4.69) is 27.5 Å². The summed E-state index contributed by atoms with van der Waals surface area (Å²) in [6.45, 7) is 2.83. The summed E-state index contributed by atoms with van der Waals surface area (Å²) >= 11 is 1.70. The molecule has 0 fully saturated rings. The molecule has 0 spiro atoms. The highest BCUT2D eigenvalue weighted by atomic mass is 32.1. The standard InChI is InChI=1S/C13H14N2S/c1-11-15-13(10-16-11)7-8-14-9-12-5-3-2-4-6-12/h2-6,9-10H,7-8H2,1H3. The normalized spacial score (nSPS) is 11.1. The summed E-state index contributed by atoms with van der Waals surface area (Å²) in [6, 6.07) is 10.2. The zero-order valence-electron chi connectivity index (χ0n) is 9.26. The van der Waals surface area contributed by atoms with Gasteiger partial charge in [0.15, 0.2) is 0 Å². The second-order valence-corrected chi connectivity index (χ2v) is 4.62. The van der Waals surface area contributed by atoms with Gasteiger partial charge in [0.1, 0.15) is 0 Å². The highest BCUT2D eigenvalue weighted by molar-refractivity contribution is 7.09. The maximum Gasteiger partial charge on any atom is 0.0897 e. The predicted octanol–water partition coefficient (Wildman–Crippen LogP) is 3.11. The van der Waals surface area contributed by atoms with Gasteiger partial charge >= 0.3 is 0 Å². The Morgan fingerprint density at radius 3 is 2.81 bits per heavy atom. The van der Waals surface area contributed by atoms with Crippen LogP contribution in [0.15, 0.2) is 40.7 Å². The SMILES string of the molecule is Cc1nc(CCN=Cc2ccccc2)cs1. The lowest BCUT2D eigenvalue weighted by Gasteiger charge is -1.92. The first-order chi connectivity index (χ1) is 7.84. The molecule has 82 valence electrons. The summed E-state index contributed by atoms with van der Waals surface area (Å²) in [5.74, 6) is 0. The van der Waals surface area contributed by atoms with E-state index in [1.54, 1.807) is 11.3 Å². The van der Waals surface area contributed by atoms with Crippen molar-refractivity contribution in [2.24, 2.45) is 4.99 Å². The van der Waals surface area contributed by atoms with Crippen LogP contribution in [0.5, 0.6) is 0 Å². The number of hydrogen-bond donors (Lipinski definition) is 0. The van der Waals surface area contributed by atoms with Crippen LogP contribution < -0.4 is 0 Å². The molecule has 0 saturated carbocycles. The van der Waals surface area contributed by atoms with E-state index in [1.807, 2.05) is 31.3 Å². The van der Waals surface area contributed by atoms with Gasteiger partial charge in [0, 0.05) is 24.6 Å². The molecular formula is C13H14N2S. The average molecular weight is 230 g/mol. The molecule has 1 aromatic heterocycles. The molecule has 0 N–H and O–H groups in total. The van der Waals surface area contributed by atoms with Crippen LogP contribution in [-0.2, 0) is 6.42 Å². The fraction of sp³-hybridized carbons (Fsp3) is 0.231. The minimum atomic E-state index is 0.804. The Morgan fingerprint density at radius 1 is 1.31 bits per heavy atom. The number of benzene rings is 1. The molecule has 0 saturated heterocycles. The van der Waals surface area contributed by atoms with Crippen molar-refractivity contribution < 1.29 is 0 Å². The van der Waals surface area contributed by atoms with Gasteiger partial charge < -0.3 is 0 Å². The van der Waals surface area contributed by atoms with Crippen molar-refractivity contribution >= 4 is 17.6 Å². The molecule has 0 aliphatic rings. The van der Waals surface area contributed by atoms with Crippen molar-refractivity contribution in [1.82, 2.24) is 4.98 Å². The minimum absolute atomic E-state index is 0.804. The third kappa shape index (κ3) is 3.28. The summed E-state index contributed by atoms with van der Waals surface area (Å²) in [4.78, 5) is 8.79. The first-order valence-electron chi connectivity index (χ1n) is 5.30. The molecule has 0 unspecified atom stereocenters. The number of rotatable bonds is 4. The van der Waals surface area contributed by atoms with Gasteiger partial charge in [0.2, 0.25) is 0 Å². The lowest BCUT2D eigenvalue weighted by atomic mass is 10.2. The van der Waals surface area contributed by atoms with Crippen molar-refractivity contribution in [3.05, 3.63) is 52.0 Å². The van der Waals surface area contributed by atoms with Gasteiger partial charge in [-0.1, -0.05) is 30.3 Å². The van der Waals surface area contributed by atoms with Gasteiger partial charge in [-0.3, -0.25) is 4.99 Å².